The van der Waals surface area contributed by atoms with Crippen LogP contribution in [0.1, 0.15) is 81.8 Å². The molecule has 1 fully saturated rings. The maximum atomic E-state index is 12.9. The molecule has 0 radical (unpaired) electrons. The lowest BCUT2D eigenvalue weighted by Crippen LogP contribution is -2.62. The number of nitrogens with one attached hydrogen (secondary N) is 2. The first kappa shape index (κ1) is 22.4. The van der Waals surface area contributed by atoms with Crippen LogP contribution >= 0.6 is 0 Å². The van der Waals surface area contributed by atoms with Crippen molar-refractivity contribution in [2.45, 2.75) is 84.3 Å². The van der Waals surface area contributed by atoms with Crippen molar-refractivity contribution < 1.29 is 9.53 Å². The van der Waals surface area contributed by atoms with Gasteiger partial charge in [-0.05, 0) is 88.8 Å². The van der Waals surface area contributed by atoms with Crippen molar-refractivity contribution in [3.05, 3.63) is 59.2 Å². The zero-order chi connectivity index (χ0) is 22.1. The van der Waals surface area contributed by atoms with Gasteiger partial charge in [-0.2, -0.15) is 0 Å². The molecule has 0 bridgehead atoms. The molecule has 2 aromatic rings. The summed E-state index contributed by atoms with van der Waals surface area (Å²) in [5.41, 5.74) is 2.79. The van der Waals surface area contributed by atoms with Crippen molar-refractivity contribution in [3.8, 4) is 11.5 Å². The second-order valence-electron chi connectivity index (χ2n) is 10.2. The highest BCUT2D eigenvalue weighted by Gasteiger charge is 2.38. The minimum Gasteiger partial charge on any atom is -0.457 e. The molecule has 162 valence electrons. The Morgan fingerprint density at radius 1 is 1.03 bits per heavy atom. The molecule has 0 spiro atoms. The van der Waals surface area contributed by atoms with Crippen molar-refractivity contribution in [2.75, 3.05) is 0 Å². The van der Waals surface area contributed by atoms with Crippen LogP contribution in [-0.4, -0.2) is 23.0 Å². The van der Waals surface area contributed by atoms with Gasteiger partial charge in [-0.3, -0.25) is 4.79 Å². The number of hydrogen-bond acceptors (Lipinski definition) is 3. The van der Waals surface area contributed by atoms with E-state index in [1.54, 1.807) is 0 Å². The number of aryl methyl sites for hydroxylation is 1. The van der Waals surface area contributed by atoms with E-state index in [9.17, 15) is 4.79 Å². The molecule has 0 unspecified atom stereocenters. The molecule has 1 heterocycles. The molecule has 1 aliphatic heterocycles. The number of ether oxygens (including phenoxy) is 1. The second-order valence-corrected chi connectivity index (χ2v) is 10.2. The van der Waals surface area contributed by atoms with E-state index in [1.807, 2.05) is 43.3 Å². The monoisotopic (exact) mass is 408 g/mol. The highest BCUT2D eigenvalue weighted by molar-refractivity contribution is 5.94. The zero-order valence-corrected chi connectivity index (χ0v) is 19.4. The number of rotatable bonds is 5. The van der Waals surface area contributed by atoms with Crippen LogP contribution in [0.4, 0.5) is 0 Å². The smallest absolute Gasteiger partial charge is 0.251 e. The molecule has 0 aliphatic carbocycles. The number of piperidine rings is 1. The molecule has 30 heavy (non-hydrogen) atoms. The van der Waals surface area contributed by atoms with Crippen LogP contribution in [0.3, 0.4) is 0 Å². The molecular weight excluding hydrogens is 372 g/mol. The number of para-hydroxylation sites is 1. The Bertz CT molecular complexity index is 899. The Hall–Kier alpha value is -2.33. The topological polar surface area (TPSA) is 50.4 Å². The van der Waals surface area contributed by atoms with Crippen LogP contribution in [0.25, 0.3) is 0 Å². The van der Waals surface area contributed by atoms with Gasteiger partial charge in [0.1, 0.15) is 11.5 Å². The van der Waals surface area contributed by atoms with E-state index in [2.05, 4.69) is 58.2 Å². The molecular formula is C26H36N2O2. The normalized spacial score (nSPS) is 18.3. The first-order chi connectivity index (χ1) is 14.0. The molecule has 4 heteroatoms. The van der Waals surface area contributed by atoms with E-state index >= 15 is 0 Å². The molecule has 0 atom stereocenters. The fourth-order valence-corrected chi connectivity index (χ4v) is 4.77. The lowest BCUT2D eigenvalue weighted by molar-refractivity contribution is 0.0873. The van der Waals surface area contributed by atoms with Gasteiger partial charge in [-0.15, -0.1) is 0 Å². The van der Waals surface area contributed by atoms with Gasteiger partial charge in [0.25, 0.3) is 5.91 Å². The van der Waals surface area contributed by atoms with Crippen LogP contribution in [0.5, 0.6) is 11.5 Å². The Labute approximate surface area is 181 Å². The summed E-state index contributed by atoms with van der Waals surface area (Å²) in [4.78, 5) is 12.9. The summed E-state index contributed by atoms with van der Waals surface area (Å²) in [7, 11) is 0. The Morgan fingerprint density at radius 2 is 1.67 bits per heavy atom. The van der Waals surface area contributed by atoms with E-state index < -0.39 is 0 Å². The summed E-state index contributed by atoms with van der Waals surface area (Å²) >= 11 is 0. The third-order valence-corrected chi connectivity index (χ3v) is 5.72. The molecule has 3 rings (SSSR count). The van der Waals surface area contributed by atoms with E-state index in [4.69, 9.17) is 4.74 Å². The lowest BCUT2D eigenvalue weighted by Gasteiger charge is -2.46. The predicted molar refractivity (Wildman–Crippen MR) is 124 cm³/mol. The number of carbonyl (C=O) groups is 1. The average Bonchev–Trinajstić information content (AvgIpc) is 2.60. The van der Waals surface area contributed by atoms with Crippen molar-refractivity contribution in [1.82, 2.24) is 10.6 Å². The van der Waals surface area contributed by atoms with Gasteiger partial charge in [-0.25, -0.2) is 0 Å². The minimum absolute atomic E-state index is 0.00286. The summed E-state index contributed by atoms with van der Waals surface area (Å²) in [6, 6.07) is 13.9. The fraction of sp³-hybridized carbons (Fsp3) is 0.500. The average molecular weight is 409 g/mol. The number of carbonyl (C=O) groups excluding carboxylic acids is 1. The van der Waals surface area contributed by atoms with Gasteiger partial charge in [0.2, 0.25) is 0 Å². The predicted octanol–water partition coefficient (Wildman–Crippen LogP) is 5.95. The highest BCUT2D eigenvalue weighted by atomic mass is 16.5. The SMILES string of the molecule is Cc1cc(C(=O)NC2CC(C)(C)NC(C)(C)C2)ccc1Oc1ccccc1C(C)C. The molecule has 2 N–H and O–H groups in total. The molecule has 0 aromatic heterocycles. The molecule has 2 aromatic carbocycles. The van der Waals surface area contributed by atoms with Gasteiger partial charge in [0.05, 0.1) is 0 Å². The summed E-state index contributed by atoms with van der Waals surface area (Å²) in [5.74, 6) is 2.01. The van der Waals surface area contributed by atoms with Gasteiger partial charge in [-0.1, -0.05) is 32.0 Å². The first-order valence-electron chi connectivity index (χ1n) is 10.9. The number of hydrogen-bond donors (Lipinski definition) is 2. The molecule has 0 saturated carbocycles. The summed E-state index contributed by atoms with van der Waals surface area (Å²) < 4.78 is 6.20. The van der Waals surface area contributed by atoms with E-state index in [-0.39, 0.29) is 23.0 Å². The third-order valence-electron chi connectivity index (χ3n) is 5.72. The number of benzene rings is 2. The largest absolute Gasteiger partial charge is 0.457 e. The molecule has 1 aliphatic rings. The summed E-state index contributed by atoms with van der Waals surface area (Å²) in [6.45, 7) is 15.1. The van der Waals surface area contributed by atoms with Crippen LogP contribution in [-0.2, 0) is 0 Å². The van der Waals surface area contributed by atoms with Gasteiger partial charge in [0.15, 0.2) is 0 Å². The van der Waals surface area contributed by atoms with Crippen LogP contribution in [0, 0.1) is 6.92 Å². The number of amides is 1. The Kier molecular flexibility index (Phi) is 6.28. The first-order valence-corrected chi connectivity index (χ1v) is 10.9. The fourth-order valence-electron chi connectivity index (χ4n) is 4.77. The summed E-state index contributed by atoms with van der Waals surface area (Å²) in [6.07, 6.45) is 1.82. The van der Waals surface area contributed by atoms with E-state index in [0.29, 0.717) is 11.5 Å². The Morgan fingerprint density at radius 3 is 2.27 bits per heavy atom. The molecule has 4 nitrogen and oxygen atoms in total. The van der Waals surface area contributed by atoms with Crippen LogP contribution in [0.2, 0.25) is 0 Å². The van der Waals surface area contributed by atoms with Gasteiger partial charge >= 0.3 is 0 Å². The van der Waals surface area contributed by atoms with Crippen molar-refractivity contribution >= 4 is 5.91 Å². The van der Waals surface area contributed by atoms with E-state index in [1.165, 1.54) is 5.56 Å². The van der Waals surface area contributed by atoms with Gasteiger partial charge < -0.3 is 15.4 Å². The van der Waals surface area contributed by atoms with Crippen molar-refractivity contribution in [2.24, 2.45) is 0 Å². The second kappa shape index (κ2) is 8.43. The lowest BCUT2D eigenvalue weighted by atomic mass is 9.79. The Balaban J connectivity index is 1.73. The maximum absolute atomic E-state index is 12.9. The van der Waals surface area contributed by atoms with Crippen molar-refractivity contribution in [3.63, 3.8) is 0 Å². The molecule has 1 saturated heterocycles. The van der Waals surface area contributed by atoms with Crippen molar-refractivity contribution in [1.29, 1.82) is 0 Å². The van der Waals surface area contributed by atoms with E-state index in [0.717, 1.165) is 29.9 Å². The maximum Gasteiger partial charge on any atom is 0.251 e. The van der Waals surface area contributed by atoms with Crippen LogP contribution < -0.4 is 15.4 Å². The third kappa shape index (κ3) is 5.42. The zero-order valence-electron chi connectivity index (χ0n) is 19.4. The molecule has 1 amide bonds. The minimum atomic E-state index is -0.0225. The quantitative estimate of drug-likeness (QED) is 0.643. The standard InChI is InChI=1S/C26H36N2O2/c1-17(2)21-10-8-9-11-23(21)30-22-13-12-19(14-18(22)3)24(29)27-20-15-25(4,5)28-26(6,7)16-20/h8-14,17,20,28H,15-16H2,1-7H3,(H,27,29). The van der Waals surface area contributed by atoms with Gasteiger partial charge in [0, 0.05) is 22.7 Å². The summed E-state index contributed by atoms with van der Waals surface area (Å²) in [5, 5.41) is 6.91. The highest BCUT2D eigenvalue weighted by Crippen LogP contribution is 2.32. The van der Waals surface area contributed by atoms with Crippen LogP contribution in [0.15, 0.2) is 42.5 Å².